The second kappa shape index (κ2) is 10.0. The number of amides is 1. The molecule has 11 nitrogen and oxygen atoms in total. The zero-order valence-corrected chi connectivity index (χ0v) is 18.1. The summed E-state index contributed by atoms with van der Waals surface area (Å²) >= 11 is 1.42. The average Bonchev–Trinajstić information content (AvgIpc) is 3.24. The van der Waals surface area contributed by atoms with E-state index in [4.69, 9.17) is 0 Å². The minimum atomic E-state index is -0.478. The quantitative estimate of drug-likeness (QED) is 0.225. The number of thioether (sulfide) groups is 1. The third-order valence-corrected chi connectivity index (χ3v) is 5.77. The molecule has 0 atom stereocenters. The van der Waals surface area contributed by atoms with Crippen LogP contribution in [0.1, 0.15) is 5.56 Å². The van der Waals surface area contributed by atoms with Gasteiger partial charge >= 0.3 is 0 Å². The lowest BCUT2D eigenvalue weighted by atomic mass is 10.2. The zero-order chi connectivity index (χ0) is 23.2. The predicted octanol–water partition coefficient (Wildman–Crippen LogP) is 1.85. The first kappa shape index (κ1) is 22.1. The van der Waals surface area contributed by atoms with Gasteiger partial charge in [-0.25, -0.2) is 9.67 Å². The fourth-order valence-electron chi connectivity index (χ4n) is 3.17. The molecule has 1 aromatic carbocycles. The van der Waals surface area contributed by atoms with E-state index in [1.165, 1.54) is 41.0 Å². The van der Waals surface area contributed by atoms with Crippen molar-refractivity contribution in [1.29, 1.82) is 0 Å². The van der Waals surface area contributed by atoms with Gasteiger partial charge in [-0.1, -0.05) is 12.1 Å². The van der Waals surface area contributed by atoms with Crippen molar-refractivity contribution in [3.05, 3.63) is 87.3 Å². The third-order valence-electron chi connectivity index (χ3n) is 4.76. The van der Waals surface area contributed by atoms with Crippen LogP contribution in [0.2, 0.25) is 0 Å². The van der Waals surface area contributed by atoms with Crippen molar-refractivity contribution in [1.82, 2.24) is 29.6 Å². The first-order chi connectivity index (χ1) is 16.0. The number of rotatable bonds is 9. The van der Waals surface area contributed by atoms with E-state index in [1.807, 2.05) is 12.1 Å². The number of carbonyl (C=O) groups excluding carboxylic acids is 1. The second-order valence-corrected chi connectivity index (χ2v) is 8.08. The van der Waals surface area contributed by atoms with Crippen molar-refractivity contribution < 1.29 is 9.72 Å². The lowest BCUT2D eigenvalue weighted by Crippen LogP contribution is -2.29. The first-order valence-electron chi connectivity index (χ1n) is 9.95. The number of pyridine rings is 1. The Kier molecular flexibility index (Phi) is 6.74. The summed E-state index contributed by atoms with van der Waals surface area (Å²) in [4.78, 5) is 44.6. The first-order valence-corrected chi connectivity index (χ1v) is 10.9. The Morgan fingerprint density at radius 3 is 2.82 bits per heavy atom. The molecule has 0 bridgehead atoms. The molecule has 0 fully saturated rings. The van der Waals surface area contributed by atoms with Gasteiger partial charge in [0.15, 0.2) is 5.65 Å². The van der Waals surface area contributed by atoms with E-state index in [-0.39, 0.29) is 29.5 Å². The van der Waals surface area contributed by atoms with E-state index < -0.39 is 4.92 Å². The number of non-ortho nitro benzene ring substituents is 1. The number of fused-ring (bicyclic) bond motifs is 1. The molecule has 12 heteroatoms. The van der Waals surface area contributed by atoms with Gasteiger partial charge in [0.1, 0.15) is 11.7 Å². The monoisotopic (exact) mass is 465 g/mol. The van der Waals surface area contributed by atoms with Crippen molar-refractivity contribution >= 4 is 34.4 Å². The fraction of sp³-hybridized carbons (Fsp3) is 0.190. The number of carbonyl (C=O) groups is 1. The summed E-state index contributed by atoms with van der Waals surface area (Å²) < 4.78 is 2.94. The molecular weight excluding hydrogens is 446 g/mol. The van der Waals surface area contributed by atoms with Crippen LogP contribution >= 0.6 is 11.8 Å². The number of hydrogen-bond donors (Lipinski definition) is 1. The molecule has 0 aliphatic rings. The van der Waals surface area contributed by atoms with Gasteiger partial charge in [0.25, 0.3) is 11.2 Å². The molecule has 0 saturated heterocycles. The Morgan fingerprint density at radius 1 is 1.21 bits per heavy atom. The lowest BCUT2D eigenvalue weighted by Gasteiger charge is -2.08. The number of hydrogen-bond acceptors (Lipinski definition) is 8. The minimum Gasteiger partial charge on any atom is -0.354 e. The lowest BCUT2D eigenvalue weighted by molar-refractivity contribution is -0.384. The molecule has 1 N–H and O–H groups in total. The highest BCUT2D eigenvalue weighted by atomic mass is 32.2. The third kappa shape index (κ3) is 5.41. The van der Waals surface area contributed by atoms with Crippen LogP contribution in [0.3, 0.4) is 0 Å². The predicted molar refractivity (Wildman–Crippen MR) is 122 cm³/mol. The minimum absolute atomic E-state index is 0.0383. The maximum atomic E-state index is 12.8. The average molecular weight is 465 g/mol. The molecule has 33 heavy (non-hydrogen) atoms. The molecule has 3 heterocycles. The molecule has 168 valence electrons. The Balaban J connectivity index is 1.37. The number of nitro groups is 1. The molecule has 1 amide bonds. The van der Waals surface area contributed by atoms with Crippen molar-refractivity contribution in [2.75, 3.05) is 12.3 Å². The molecule has 0 aliphatic heterocycles. The van der Waals surface area contributed by atoms with Gasteiger partial charge in [-0.05, 0) is 17.7 Å². The number of nitro benzene ring substituents is 1. The molecule has 0 spiro atoms. The Hall–Kier alpha value is -4.06. The summed E-state index contributed by atoms with van der Waals surface area (Å²) in [5.74, 6) is 0.172. The zero-order valence-electron chi connectivity index (χ0n) is 17.3. The van der Waals surface area contributed by atoms with Gasteiger partial charge in [-0.15, -0.1) is 11.8 Å². The summed E-state index contributed by atoms with van der Waals surface area (Å²) in [6.07, 6.45) is 6.18. The molecule has 0 aliphatic carbocycles. The van der Waals surface area contributed by atoms with Crippen LogP contribution in [0.5, 0.6) is 0 Å². The standard InChI is InChI=1S/C21H19N7O4S/c29-19(13-33-17-4-6-22-7-5-17)23-8-9-27-20-18(11-25-27)21(30)26(14-24-20)12-15-2-1-3-16(10-15)28(31)32/h1-7,10-11,14H,8-9,12-13H2,(H,23,29). The Labute approximate surface area is 191 Å². The van der Waals surface area contributed by atoms with Gasteiger partial charge in [-0.3, -0.25) is 29.3 Å². The van der Waals surface area contributed by atoms with Crippen molar-refractivity contribution in [2.45, 2.75) is 18.0 Å². The Morgan fingerprint density at radius 2 is 2.03 bits per heavy atom. The summed E-state index contributed by atoms with van der Waals surface area (Å²) in [5, 5.41) is 18.3. The van der Waals surface area contributed by atoms with E-state index in [0.717, 1.165) is 4.90 Å². The molecule has 4 aromatic rings. The van der Waals surface area contributed by atoms with Crippen LogP contribution in [0.4, 0.5) is 5.69 Å². The summed E-state index contributed by atoms with van der Waals surface area (Å²) in [5.41, 5.74) is 0.696. The molecule has 0 saturated carbocycles. The van der Waals surface area contributed by atoms with E-state index >= 15 is 0 Å². The number of aromatic nitrogens is 5. The van der Waals surface area contributed by atoms with Gasteiger partial charge in [0, 0.05) is 36.0 Å². The highest BCUT2D eigenvalue weighted by Gasteiger charge is 2.12. The number of nitrogens with one attached hydrogen (secondary N) is 1. The highest BCUT2D eigenvalue weighted by Crippen LogP contribution is 2.16. The second-order valence-electron chi connectivity index (χ2n) is 7.03. The number of nitrogens with zero attached hydrogens (tertiary/aromatic N) is 6. The maximum Gasteiger partial charge on any atom is 0.269 e. The summed E-state index contributed by atoms with van der Waals surface area (Å²) in [7, 11) is 0. The summed E-state index contributed by atoms with van der Waals surface area (Å²) in [6.45, 7) is 0.849. The van der Waals surface area contributed by atoms with Crippen LogP contribution in [-0.2, 0) is 17.9 Å². The molecule has 0 radical (unpaired) electrons. The highest BCUT2D eigenvalue weighted by molar-refractivity contribution is 8.00. The normalized spacial score (nSPS) is 10.9. The van der Waals surface area contributed by atoms with E-state index in [9.17, 15) is 19.7 Å². The Bertz CT molecular complexity index is 1350. The van der Waals surface area contributed by atoms with E-state index in [1.54, 1.807) is 29.2 Å². The molecule has 4 rings (SSSR count). The van der Waals surface area contributed by atoms with E-state index in [2.05, 4.69) is 20.4 Å². The van der Waals surface area contributed by atoms with Crippen molar-refractivity contribution in [3.8, 4) is 0 Å². The van der Waals surface area contributed by atoms with Crippen LogP contribution in [0.25, 0.3) is 11.0 Å². The van der Waals surface area contributed by atoms with Crippen LogP contribution < -0.4 is 10.9 Å². The van der Waals surface area contributed by atoms with Gasteiger partial charge < -0.3 is 5.32 Å². The van der Waals surface area contributed by atoms with Gasteiger partial charge in [0.05, 0.1) is 30.0 Å². The maximum absolute atomic E-state index is 12.8. The number of benzene rings is 1. The van der Waals surface area contributed by atoms with Gasteiger partial charge in [0.2, 0.25) is 5.91 Å². The van der Waals surface area contributed by atoms with Crippen LogP contribution in [0, 0.1) is 10.1 Å². The fourth-order valence-corrected chi connectivity index (χ4v) is 3.89. The van der Waals surface area contributed by atoms with Crippen molar-refractivity contribution in [3.63, 3.8) is 0 Å². The van der Waals surface area contributed by atoms with Crippen LogP contribution in [-0.4, -0.2) is 47.4 Å². The molecular formula is C21H19N7O4S. The van der Waals surface area contributed by atoms with Gasteiger partial charge in [-0.2, -0.15) is 5.10 Å². The SMILES string of the molecule is O=C(CSc1ccncc1)NCCn1ncc2c(=O)n(Cc3cccc([N+](=O)[O-])c3)cnc21. The topological polar surface area (TPSA) is 138 Å². The smallest absolute Gasteiger partial charge is 0.269 e. The largest absolute Gasteiger partial charge is 0.354 e. The van der Waals surface area contributed by atoms with Crippen molar-refractivity contribution in [2.24, 2.45) is 0 Å². The van der Waals surface area contributed by atoms with Crippen LogP contribution in [0.15, 0.2) is 71.0 Å². The summed E-state index contributed by atoms with van der Waals surface area (Å²) in [6, 6.07) is 9.79. The van der Waals surface area contributed by atoms with E-state index in [0.29, 0.717) is 29.7 Å². The molecule has 0 unspecified atom stereocenters. The molecule has 3 aromatic heterocycles.